The largest absolute Gasteiger partial charge is 0.497 e. The lowest BCUT2D eigenvalue weighted by molar-refractivity contribution is 0.415. The summed E-state index contributed by atoms with van der Waals surface area (Å²) in [5.74, 6) is 1.37. The van der Waals surface area contributed by atoms with Crippen molar-refractivity contribution in [2.45, 2.75) is 19.9 Å². The van der Waals surface area contributed by atoms with E-state index in [1.807, 2.05) is 12.1 Å². The molecule has 0 heterocycles. The van der Waals surface area contributed by atoms with Crippen molar-refractivity contribution < 1.29 is 4.74 Å². The molecule has 0 spiro atoms. The minimum absolute atomic E-state index is 0.502. The van der Waals surface area contributed by atoms with Gasteiger partial charge in [-0.3, -0.25) is 0 Å². The zero-order valence-electron chi connectivity index (χ0n) is 12.0. The van der Waals surface area contributed by atoms with E-state index in [0.717, 1.165) is 29.7 Å². The van der Waals surface area contributed by atoms with Crippen molar-refractivity contribution in [2.75, 3.05) is 13.7 Å². The number of nitrogens with two attached hydrogens (primary N) is 1. The molecule has 0 unspecified atom stereocenters. The van der Waals surface area contributed by atoms with E-state index < -0.39 is 0 Å². The maximum Gasteiger partial charge on any atom is 0.188 e. The number of rotatable bonds is 5. The standard InChI is InChI=1S/C16H21N3O/c1-3-8-18-16(17)19-11-12-4-5-14-10-15(20-2)7-6-13(14)9-12/h4-7,9-10H,3,8,11H2,1-2H3,(H3,17,18,19). The topological polar surface area (TPSA) is 59.6 Å². The highest BCUT2D eigenvalue weighted by Gasteiger charge is 1.99. The Bertz CT molecular complexity index is 608. The van der Waals surface area contributed by atoms with Gasteiger partial charge in [-0.1, -0.05) is 25.1 Å². The van der Waals surface area contributed by atoms with Crippen LogP contribution in [-0.2, 0) is 6.54 Å². The molecule has 0 atom stereocenters. The summed E-state index contributed by atoms with van der Waals surface area (Å²) < 4.78 is 5.22. The lowest BCUT2D eigenvalue weighted by Gasteiger charge is -2.06. The second-order valence-electron chi connectivity index (χ2n) is 4.68. The predicted molar refractivity (Wildman–Crippen MR) is 84.1 cm³/mol. The van der Waals surface area contributed by atoms with Crippen LogP contribution in [0.2, 0.25) is 0 Å². The van der Waals surface area contributed by atoms with Crippen molar-refractivity contribution in [3.8, 4) is 5.75 Å². The zero-order valence-corrected chi connectivity index (χ0v) is 12.0. The van der Waals surface area contributed by atoms with Crippen molar-refractivity contribution in [3.63, 3.8) is 0 Å². The molecule has 0 aliphatic rings. The highest BCUT2D eigenvalue weighted by molar-refractivity contribution is 5.84. The Hall–Kier alpha value is -2.23. The Morgan fingerprint density at radius 2 is 1.95 bits per heavy atom. The number of hydrogen-bond acceptors (Lipinski definition) is 2. The molecule has 0 fully saturated rings. The van der Waals surface area contributed by atoms with Gasteiger partial charge in [0.25, 0.3) is 0 Å². The molecule has 0 saturated carbocycles. The predicted octanol–water partition coefficient (Wildman–Crippen LogP) is 2.66. The van der Waals surface area contributed by atoms with Gasteiger partial charge in [0, 0.05) is 6.54 Å². The molecule has 0 saturated heterocycles. The summed E-state index contributed by atoms with van der Waals surface area (Å²) in [5, 5.41) is 5.41. The second kappa shape index (κ2) is 6.80. The van der Waals surface area contributed by atoms with Crippen LogP contribution in [0, 0.1) is 0 Å². The number of benzene rings is 2. The van der Waals surface area contributed by atoms with Gasteiger partial charge in [-0.25, -0.2) is 4.99 Å². The molecule has 0 radical (unpaired) electrons. The van der Waals surface area contributed by atoms with E-state index in [1.54, 1.807) is 7.11 Å². The molecular formula is C16H21N3O. The van der Waals surface area contributed by atoms with Crippen LogP contribution in [0.1, 0.15) is 18.9 Å². The van der Waals surface area contributed by atoms with Crippen LogP contribution in [-0.4, -0.2) is 19.6 Å². The first-order valence-corrected chi connectivity index (χ1v) is 6.83. The van der Waals surface area contributed by atoms with Crippen molar-refractivity contribution in [2.24, 2.45) is 10.7 Å². The number of guanidine groups is 1. The van der Waals surface area contributed by atoms with Crippen molar-refractivity contribution in [3.05, 3.63) is 42.0 Å². The SMILES string of the molecule is CCCNC(N)=NCc1ccc2cc(OC)ccc2c1. The minimum Gasteiger partial charge on any atom is -0.497 e. The van der Waals surface area contributed by atoms with Gasteiger partial charge in [0.15, 0.2) is 5.96 Å². The van der Waals surface area contributed by atoms with Crippen LogP contribution < -0.4 is 15.8 Å². The van der Waals surface area contributed by atoms with E-state index in [4.69, 9.17) is 10.5 Å². The normalized spacial score (nSPS) is 11.6. The summed E-state index contributed by atoms with van der Waals surface area (Å²) in [6.45, 7) is 3.54. The van der Waals surface area contributed by atoms with E-state index in [0.29, 0.717) is 12.5 Å². The number of aliphatic imine (C=N–C) groups is 1. The first-order chi connectivity index (χ1) is 9.72. The van der Waals surface area contributed by atoms with Gasteiger partial charge in [-0.15, -0.1) is 0 Å². The summed E-state index contributed by atoms with van der Waals surface area (Å²) in [6, 6.07) is 12.3. The fraction of sp³-hybridized carbons (Fsp3) is 0.312. The number of fused-ring (bicyclic) bond motifs is 1. The molecule has 2 aromatic carbocycles. The number of methoxy groups -OCH3 is 1. The molecule has 0 aliphatic heterocycles. The molecule has 0 amide bonds. The molecule has 106 valence electrons. The summed E-state index contributed by atoms with van der Waals surface area (Å²) in [7, 11) is 1.68. The highest BCUT2D eigenvalue weighted by Crippen LogP contribution is 2.22. The third kappa shape index (κ3) is 3.63. The zero-order chi connectivity index (χ0) is 14.4. The van der Waals surface area contributed by atoms with Crippen LogP contribution >= 0.6 is 0 Å². The van der Waals surface area contributed by atoms with E-state index in [-0.39, 0.29) is 0 Å². The first-order valence-electron chi connectivity index (χ1n) is 6.83. The van der Waals surface area contributed by atoms with Gasteiger partial charge in [-0.2, -0.15) is 0 Å². The minimum atomic E-state index is 0.502. The molecule has 20 heavy (non-hydrogen) atoms. The Kier molecular flexibility index (Phi) is 4.82. The number of nitrogens with zero attached hydrogens (tertiary/aromatic N) is 1. The van der Waals surface area contributed by atoms with E-state index in [9.17, 15) is 0 Å². The van der Waals surface area contributed by atoms with Gasteiger partial charge in [-0.05, 0) is 41.0 Å². The molecule has 4 nitrogen and oxygen atoms in total. The third-order valence-electron chi connectivity index (χ3n) is 3.10. The summed E-state index contributed by atoms with van der Waals surface area (Å²) >= 11 is 0. The van der Waals surface area contributed by atoms with Crippen LogP contribution in [0.15, 0.2) is 41.4 Å². The number of hydrogen-bond donors (Lipinski definition) is 2. The third-order valence-corrected chi connectivity index (χ3v) is 3.10. The molecule has 4 heteroatoms. The van der Waals surface area contributed by atoms with E-state index in [2.05, 4.69) is 41.5 Å². The lowest BCUT2D eigenvalue weighted by atomic mass is 10.1. The van der Waals surface area contributed by atoms with Crippen molar-refractivity contribution in [1.82, 2.24) is 5.32 Å². The molecule has 0 bridgehead atoms. The monoisotopic (exact) mass is 271 g/mol. The van der Waals surface area contributed by atoms with Crippen molar-refractivity contribution >= 4 is 16.7 Å². The number of ether oxygens (including phenoxy) is 1. The fourth-order valence-corrected chi connectivity index (χ4v) is 1.98. The second-order valence-corrected chi connectivity index (χ2v) is 4.68. The summed E-state index contributed by atoms with van der Waals surface area (Å²) in [4.78, 5) is 4.33. The molecule has 3 N–H and O–H groups in total. The first kappa shape index (κ1) is 14.2. The highest BCUT2D eigenvalue weighted by atomic mass is 16.5. The average Bonchev–Trinajstić information content (AvgIpc) is 2.50. The van der Waals surface area contributed by atoms with Gasteiger partial charge in [0.05, 0.1) is 13.7 Å². The quantitative estimate of drug-likeness (QED) is 0.649. The van der Waals surface area contributed by atoms with Crippen LogP contribution in [0.3, 0.4) is 0 Å². The molecule has 0 aliphatic carbocycles. The van der Waals surface area contributed by atoms with Crippen LogP contribution in [0.25, 0.3) is 10.8 Å². The maximum absolute atomic E-state index is 5.78. The van der Waals surface area contributed by atoms with Crippen molar-refractivity contribution in [1.29, 1.82) is 0 Å². The van der Waals surface area contributed by atoms with E-state index >= 15 is 0 Å². The lowest BCUT2D eigenvalue weighted by Crippen LogP contribution is -2.32. The van der Waals surface area contributed by atoms with Gasteiger partial charge >= 0.3 is 0 Å². The number of nitrogens with one attached hydrogen (secondary N) is 1. The molecule has 2 rings (SSSR count). The summed E-state index contributed by atoms with van der Waals surface area (Å²) in [6.07, 6.45) is 1.04. The average molecular weight is 271 g/mol. The Morgan fingerprint density at radius 3 is 2.70 bits per heavy atom. The Labute approximate surface area is 119 Å². The molecule has 0 aromatic heterocycles. The van der Waals surface area contributed by atoms with Gasteiger partial charge in [0.1, 0.15) is 5.75 Å². The van der Waals surface area contributed by atoms with Gasteiger partial charge in [0.2, 0.25) is 0 Å². The Balaban J connectivity index is 2.12. The smallest absolute Gasteiger partial charge is 0.188 e. The van der Waals surface area contributed by atoms with Crippen LogP contribution in [0.5, 0.6) is 5.75 Å². The summed E-state index contributed by atoms with van der Waals surface area (Å²) in [5.41, 5.74) is 6.92. The fourth-order valence-electron chi connectivity index (χ4n) is 1.98. The molecular weight excluding hydrogens is 250 g/mol. The maximum atomic E-state index is 5.78. The Morgan fingerprint density at radius 1 is 1.20 bits per heavy atom. The van der Waals surface area contributed by atoms with Gasteiger partial charge < -0.3 is 15.8 Å². The van der Waals surface area contributed by atoms with E-state index in [1.165, 1.54) is 5.39 Å². The van der Waals surface area contributed by atoms with Crippen LogP contribution in [0.4, 0.5) is 0 Å². The molecule has 2 aromatic rings.